The molecule has 2 fully saturated rings. The van der Waals surface area contributed by atoms with Crippen molar-refractivity contribution in [3.8, 4) is 0 Å². The van der Waals surface area contributed by atoms with Gasteiger partial charge in [-0.2, -0.15) is 0 Å². The van der Waals surface area contributed by atoms with E-state index in [0.29, 0.717) is 18.1 Å². The summed E-state index contributed by atoms with van der Waals surface area (Å²) in [6, 6.07) is -0.151. The van der Waals surface area contributed by atoms with Gasteiger partial charge >= 0.3 is 0 Å². The molecule has 9 nitrogen and oxygen atoms in total. The minimum absolute atomic E-state index is 0.0312. The second-order valence-electron chi connectivity index (χ2n) is 8.10. The van der Waals surface area contributed by atoms with E-state index in [1.807, 2.05) is 6.92 Å². The lowest BCUT2D eigenvalue weighted by Crippen LogP contribution is -2.43. The SMILES string of the molecule is C[C@@H](Nc1cnc(C=CC(=O)NOC2CCCCO2)cn1)C(=O)NC1CCCCCC1. The molecule has 2 amide bonds. The number of carbonyl (C=O) groups excluding carboxylic acids is 2. The van der Waals surface area contributed by atoms with Gasteiger partial charge in [-0.1, -0.05) is 25.7 Å². The summed E-state index contributed by atoms with van der Waals surface area (Å²) in [5.41, 5.74) is 2.87. The predicted octanol–water partition coefficient (Wildman–Crippen LogP) is 2.70. The summed E-state index contributed by atoms with van der Waals surface area (Å²) in [4.78, 5) is 38.0. The van der Waals surface area contributed by atoms with Crippen LogP contribution >= 0.6 is 0 Å². The van der Waals surface area contributed by atoms with Gasteiger partial charge in [0, 0.05) is 25.1 Å². The molecule has 3 N–H and O–H groups in total. The number of hydrogen-bond acceptors (Lipinski definition) is 7. The van der Waals surface area contributed by atoms with Crippen LogP contribution in [0.2, 0.25) is 0 Å². The Morgan fingerprint density at radius 2 is 1.87 bits per heavy atom. The first-order valence-electron chi connectivity index (χ1n) is 11.2. The van der Waals surface area contributed by atoms with E-state index in [4.69, 9.17) is 9.57 Å². The topological polar surface area (TPSA) is 114 Å². The molecule has 31 heavy (non-hydrogen) atoms. The van der Waals surface area contributed by atoms with Gasteiger partial charge in [0.25, 0.3) is 5.91 Å². The molecule has 3 rings (SSSR count). The van der Waals surface area contributed by atoms with E-state index in [-0.39, 0.29) is 11.9 Å². The summed E-state index contributed by atoms with van der Waals surface area (Å²) in [6.07, 6.45) is 15.3. The first-order chi connectivity index (χ1) is 15.1. The number of anilines is 1. The number of nitrogens with zero attached hydrogens (tertiary/aromatic N) is 2. The number of hydrogen-bond donors (Lipinski definition) is 3. The van der Waals surface area contributed by atoms with Crippen molar-refractivity contribution in [1.82, 2.24) is 20.8 Å². The third kappa shape index (κ3) is 8.26. The Balaban J connectivity index is 1.40. The number of carbonyl (C=O) groups is 2. The van der Waals surface area contributed by atoms with Crippen LogP contribution in [0, 0.1) is 0 Å². The standard InChI is InChI=1S/C22H33N5O4/c1-16(22(29)26-17-8-4-2-3-5-9-17)25-19-15-23-18(14-24-19)11-12-20(28)27-31-21-10-6-7-13-30-21/h11-12,14-17,21H,2-10,13H2,1H3,(H,24,25)(H,26,29)(H,27,28)/t16-,21?/m1/s1. The normalized spacial score (nSPS) is 21.3. The smallest absolute Gasteiger partial charge is 0.267 e. The highest BCUT2D eigenvalue weighted by atomic mass is 16.8. The van der Waals surface area contributed by atoms with E-state index in [1.165, 1.54) is 38.0 Å². The molecule has 0 radical (unpaired) electrons. The van der Waals surface area contributed by atoms with Crippen molar-refractivity contribution in [3.63, 3.8) is 0 Å². The molecule has 1 unspecified atom stereocenters. The first-order valence-corrected chi connectivity index (χ1v) is 11.2. The molecule has 2 atom stereocenters. The Kier molecular flexibility index (Phi) is 9.23. The zero-order chi connectivity index (χ0) is 21.9. The maximum Gasteiger partial charge on any atom is 0.267 e. The zero-order valence-corrected chi connectivity index (χ0v) is 18.1. The molecule has 170 valence electrons. The highest BCUT2D eigenvalue weighted by Gasteiger charge is 2.19. The third-order valence-corrected chi connectivity index (χ3v) is 5.47. The van der Waals surface area contributed by atoms with Gasteiger partial charge in [-0.05, 0) is 38.7 Å². The minimum atomic E-state index is -0.413. The van der Waals surface area contributed by atoms with Gasteiger partial charge in [0.05, 0.1) is 18.1 Å². The molecule has 9 heteroatoms. The van der Waals surface area contributed by atoms with E-state index >= 15 is 0 Å². The Labute approximate surface area is 183 Å². The quantitative estimate of drug-likeness (QED) is 0.329. The number of rotatable bonds is 8. The summed E-state index contributed by atoms with van der Waals surface area (Å²) < 4.78 is 5.38. The molecule has 1 saturated heterocycles. The Hall–Kier alpha value is -2.52. The summed E-state index contributed by atoms with van der Waals surface area (Å²) in [6.45, 7) is 2.45. The number of hydroxylamine groups is 1. The van der Waals surface area contributed by atoms with Crippen molar-refractivity contribution in [2.24, 2.45) is 0 Å². The Morgan fingerprint density at radius 1 is 1.10 bits per heavy atom. The molecule has 1 aliphatic heterocycles. The fourth-order valence-corrected chi connectivity index (χ4v) is 3.66. The van der Waals surface area contributed by atoms with E-state index in [9.17, 15) is 9.59 Å². The molecule has 1 aliphatic carbocycles. The molecule has 1 aromatic heterocycles. The van der Waals surface area contributed by atoms with Crippen LogP contribution in [-0.2, 0) is 19.2 Å². The van der Waals surface area contributed by atoms with Crippen molar-refractivity contribution in [3.05, 3.63) is 24.2 Å². The van der Waals surface area contributed by atoms with E-state index in [2.05, 4.69) is 26.1 Å². The summed E-state index contributed by atoms with van der Waals surface area (Å²) in [5.74, 6) is 0.0705. The maximum absolute atomic E-state index is 12.4. The van der Waals surface area contributed by atoms with Crippen molar-refractivity contribution in [2.45, 2.75) is 83.1 Å². The number of aromatic nitrogens is 2. The summed E-state index contributed by atoms with van der Waals surface area (Å²) >= 11 is 0. The monoisotopic (exact) mass is 431 g/mol. The van der Waals surface area contributed by atoms with E-state index in [1.54, 1.807) is 12.3 Å². The van der Waals surface area contributed by atoms with Crippen LogP contribution in [0.25, 0.3) is 6.08 Å². The number of nitrogens with one attached hydrogen (secondary N) is 3. The van der Waals surface area contributed by atoms with Gasteiger partial charge in [0.1, 0.15) is 11.9 Å². The van der Waals surface area contributed by atoms with E-state index in [0.717, 1.165) is 32.1 Å². The number of amides is 2. The van der Waals surface area contributed by atoms with Gasteiger partial charge in [-0.25, -0.2) is 15.3 Å². The molecular weight excluding hydrogens is 398 g/mol. The largest absolute Gasteiger partial charge is 0.357 e. The van der Waals surface area contributed by atoms with Crippen LogP contribution in [0.4, 0.5) is 5.82 Å². The molecule has 0 aromatic carbocycles. The molecule has 1 saturated carbocycles. The highest BCUT2D eigenvalue weighted by molar-refractivity contribution is 5.90. The predicted molar refractivity (Wildman–Crippen MR) is 117 cm³/mol. The minimum Gasteiger partial charge on any atom is -0.357 e. The maximum atomic E-state index is 12.4. The van der Waals surface area contributed by atoms with Crippen molar-refractivity contribution < 1.29 is 19.2 Å². The average molecular weight is 432 g/mol. The molecule has 0 bridgehead atoms. The molecule has 2 aliphatic rings. The van der Waals surface area contributed by atoms with Crippen LogP contribution in [0.1, 0.15) is 70.4 Å². The fraction of sp³-hybridized carbons (Fsp3) is 0.636. The van der Waals surface area contributed by atoms with Crippen molar-refractivity contribution >= 4 is 23.7 Å². The van der Waals surface area contributed by atoms with Gasteiger partial charge < -0.3 is 15.4 Å². The van der Waals surface area contributed by atoms with Crippen molar-refractivity contribution in [1.29, 1.82) is 0 Å². The lowest BCUT2D eigenvalue weighted by molar-refractivity contribution is -0.198. The lowest BCUT2D eigenvalue weighted by Gasteiger charge is -2.21. The number of ether oxygens (including phenoxy) is 1. The highest BCUT2D eigenvalue weighted by Crippen LogP contribution is 2.17. The fourth-order valence-electron chi connectivity index (χ4n) is 3.66. The second kappa shape index (κ2) is 12.4. The second-order valence-corrected chi connectivity index (χ2v) is 8.10. The van der Waals surface area contributed by atoms with Crippen LogP contribution in [0.3, 0.4) is 0 Å². The van der Waals surface area contributed by atoms with Crippen LogP contribution in [0.15, 0.2) is 18.5 Å². The molecule has 1 aromatic rings. The van der Waals surface area contributed by atoms with Gasteiger partial charge in [0.2, 0.25) is 5.91 Å². The summed E-state index contributed by atoms with van der Waals surface area (Å²) in [5, 5.41) is 6.21. The van der Waals surface area contributed by atoms with Gasteiger partial charge in [0.15, 0.2) is 6.29 Å². The Morgan fingerprint density at radius 3 is 2.55 bits per heavy atom. The molecule has 0 spiro atoms. The Bertz CT molecular complexity index is 726. The zero-order valence-electron chi connectivity index (χ0n) is 18.1. The van der Waals surface area contributed by atoms with Crippen molar-refractivity contribution in [2.75, 3.05) is 11.9 Å². The average Bonchev–Trinajstić information content (AvgIpc) is 3.06. The van der Waals surface area contributed by atoms with Crippen LogP contribution in [-0.4, -0.2) is 46.8 Å². The van der Waals surface area contributed by atoms with Crippen LogP contribution < -0.4 is 16.1 Å². The van der Waals surface area contributed by atoms with E-state index < -0.39 is 18.2 Å². The summed E-state index contributed by atoms with van der Waals surface area (Å²) in [7, 11) is 0. The third-order valence-electron chi connectivity index (χ3n) is 5.47. The van der Waals surface area contributed by atoms with Gasteiger partial charge in [-0.3, -0.25) is 14.6 Å². The van der Waals surface area contributed by atoms with Gasteiger partial charge in [-0.15, -0.1) is 0 Å². The molecular formula is C22H33N5O4. The first kappa shape index (κ1) is 23.1. The molecule has 2 heterocycles. The van der Waals surface area contributed by atoms with Crippen LogP contribution in [0.5, 0.6) is 0 Å². The lowest BCUT2D eigenvalue weighted by atomic mass is 10.1.